The van der Waals surface area contributed by atoms with E-state index in [4.69, 9.17) is 0 Å². The van der Waals surface area contributed by atoms with Gasteiger partial charge in [0, 0.05) is 9.37 Å². The second kappa shape index (κ2) is 3.47. The Balaban J connectivity index is 3.23. The van der Waals surface area contributed by atoms with Gasteiger partial charge in [-0.05, 0) is 51.6 Å². The van der Waals surface area contributed by atoms with Crippen molar-refractivity contribution >= 4 is 27.0 Å². The van der Waals surface area contributed by atoms with Crippen molar-refractivity contribution in [2.75, 3.05) is 0 Å². The molecule has 0 N–H and O–H groups in total. The lowest BCUT2D eigenvalue weighted by atomic mass is 10.2. The van der Waals surface area contributed by atoms with E-state index in [2.05, 4.69) is 15.9 Å². The quantitative estimate of drug-likeness (QED) is 0.697. The van der Waals surface area contributed by atoms with Crippen LogP contribution < -0.4 is 0 Å². The lowest BCUT2D eigenvalue weighted by Crippen LogP contribution is -1.90. The summed E-state index contributed by atoms with van der Waals surface area (Å²) in [5.74, 6) is 0. The van der Waals surface area contributed by atoms with Crippen molar-refractivity contribution in [2.45, 2.75) is 11.8 Å². The van der Waals surface area contributed by atoms with Gasteiger partial charge in [-0.15, -0.1) is 0 Å². The molecule has 0 aliphatic heterocycles. The van der Waals surface area contributed by atoms with Gasteiger partial charge in [0.1, 0.15) is 0 Å². The predicted molar refractivity (Wildman–Crippen MR) is 46.1 cm³/mol. The number of hydrogen-bond donors (Lipinski definition) is 0. The molecule has 0 amide bonds. The maximum Gasteiger partial charge on any atom is 0.0393 e. The van der Waals surface area contributed by atoms with Crippen molar-refractivity contribution in [3.63, 3.8) is 0 Å². The number of halogens is 1. The van der Waals surface area contributed by atoms with Crippen molar-refractivity contribution in [1.29, 1.82) is 0 Å². The highest BCUT2D eigenvalue weighted by Gasteiger charge is 1.98. The first-order valence-electron chi connectivity index (χ1n) is 2.96. The Morgan fingerprint density at radius 2 is 2.18 bits per heavy atom. The van der Waals surface area contributed by atoms with E-state index in [9.17, 15) is 8.76 Å². The van der Waals surface area contributed by atoms with Crippen LogP contribution in [-0.2, 0) is 11.1 Å². The van der Waals surface area contributed by atoms with Crippen molar-refractivity contribution < 1.29 is 8.76 Å². The fourth-order valence-corrected chi connectivity index (χ4v) is 1.89. The zero-order valence-electron chi connectivity index (χ0n) is 5.83. The molecule has 0 saturated heterocycles. The van der Waals surface area contributed by atoms with Gasteiger partial charge in [0.05, 0.1) is 0 Å². The zero-order chi connectivity index (χ0) is 8.43. The van der Waals surface area contributed by atoms with Gasteiger partial charge < -0.3 is 4.55 Å². The Morgan fingerprint density at radius 3 is 2.64 bits per heavy atom. The van der Waals surface area contributed by atoms with E-state index in [0.717, 1.165) is 5.56 Å². The molecule has 0 heterocycles. The van der Waals surface area contributed by atoms with E-state index in [1.54, 1.807) is 12.1 Å². The van der Waals surface area contributed by atoms with Crippen LogP contribution in [0.15, 0.2) is 27.6 Å². The van der Waals surface area contributed by atoms with Crippen LogP contribution in [-0.4, -0.2) is 8.76 Å². The summed E-state index contributed by atoms with van der Waals surface area (Å²) in [5.41, 5.74) is 0.937. The van der Waals surface area contributed by atoms with Crippen molar-refractivity contribution in [1.82, 2.24) is 0 Å². The van der Waals surface area contributed by atoms with Gasteiger partial charge in [0.2, 0.25) is 0 Å². The summed E-state index contributed by atoms with van der Waals surface area (Å²) in [6.45, 7) is 1.85. The normalized spacial score (nSPS) is 13.0. The maximum absolute atomic E-state index is 10.5. The summed E-state index contributed by atoms with van der Waals surface area (Å²) in [6, 6.07) is 5.19. The number of rotatable bonds is 1. The third-order valence-electron chi connectivity index (χ3n) is 1.27. The summed E-state index contributed by atoms with van der Waals surface area (Å²) in [7, 11) is 0. The molecule has 0 aliphatic rings. The van der Waals surface area contributed by atoms with Gasteiger partial charge in [0.15, 0.2) is 0 Å². The van der Waals surface area contributed by atoms with Crippen LogP contribution in [0.1, 0.15) is 5.56 Å². The highest BCUT2D eigenvalue weighted by molar-refractivity contribution is 9.10. The third-order valence-corrected chi connectivity index (χ3v) is 2.92. The van der Waals surface area contributed by atoms with E-state index in [0.29, 0.717) is 9.37 Å². The van der Waals surface area contributed by atoms with Gasteiger partial charge in [-0.25, -0.2) is 0 Å². The molecule has 0 saturated carbocycles. The SMILES string of the molecule is Cc1ccc(Br)c(S(=O)[O-])c1. The monoisotopic (exact) mass is 233 g/mol. The minimum absolute atomic E-state index is 0.310. The Morgan fingerprint density at radius 1 is 1.55 bits per heavy atom. The van der Waals surface area contributed by atoms with Crippen LogP contribution in [0.2, 0.25) is 0 Å². The standard InChI is InChI=1S/C7H7BrO2S/c1-5-2-3-6(8)7(4-5)11(9)10/h2-4H,1H3,(H,9,10)/p-1. The van der Waals surface area contributed by atoms with Gasteiger partial charge in [0.25, 0.3) is 0 Å². The predicted octanol–water partition coefficient (Wildman–Crippen LogP) is 2.00. The molecule has 1 aromatic rings. The number of benzene rings is 1. The summed E-state index contributed by atoms with van der Waals surface area (Å²) in [5, 5.41) is 0. The summed E-state index contributed by atoms with van der Waals surface area (Å²) < 4.78 is 21.7. The van der Waals surface area contributed by atoms with Gasteiger partial charge >= 0.3 is 0 Å². The van der Waals surface area contributed by atoms with Gasteiger partial charge in [-0.2, -0.15) is 0 Å². The minimum atomic E-state index is -2.15. The van der Waals surface area contributed by atoms with Crippen LogP contribution in [0, 0.1) is 6.92 Å². The molecule has 1 aromatic carbocycles. The molecule has 0 aromatic heterocycles. The summed E-state index contributed by atoms with van der Waals surface area (Å²) in [4.78, 5) is 0.310. The van der Waals surface area contributed by atoms with Crippen LogP contribution in [0.5, 0.6) is 0 Å². The fourth-order valence-electron chi connectivity index (χ4n) is 0.738. The molecule has 60 valence electrons. The van der Waals surface area contributed by atoms with Crippen LogP contribution >= 0.6 is 15.9 Å². The van der Waals surface area contributed by atoms with E-state index < -0.39 is 11.1 Å². The van der Waals surface area contributed by atoms with Crippen LogP contribution in [0.3, 0.4) is 0 Å². The molecule has 4 heteroatoms. The highest BCUT2D eigenvalue weighted by Crippen LogP contribution is 2.20. The average Bonchev–Trinajstić information content (AvgIpc) is 1.94. The molecule has 0 spiro atoms. The first-order valence-corrected chi connectivity index (χ1v) is 4.83. The molecular formula is C7H6BrO2S-. The molecule has 0 fully saturated rings. The Bertz CT molecular complexity index is 298. The first-order chi connectivity index (χ1) is 5.11. The lowest BCUT2D eigenvalue weighted by Gasteiger charge is -2.07. The molecule has 11 heavy (non-hydrogen) atoms. The summed E-state index contributed by atoms with van der Waals surface area (Å²) in [6.07, 6.45) is 0. The van der Waals surface area contributed by atoms with E-state index in [-0.39, 0.29) is 0 Å². The minimum Gasteiger partial charge on any atom is -0.768 e. The maximum atomic E-state index is 10.5. The molecule has 2 nitrogen and oxygen atoms in total. The van der Waals surface area contributed by atoms with E-state index in [1.807, 2.05) is 13.0 Å². The molecule has 1 unspecified atom stereocenters. The first kappa shape index (κ1) is 8.90. The lowest BCUT2D eigenvalue weighted by molar-refractivity contribution is 0.536. The average molecular weight is 234 g/mol. The number of hydrogen-bond acceptors (Lipinski definition) is 2. The van der Waals surface area contributed by atoms with Gasteiger partial charge in [-0.3, -0.25) is 4.21 Å². The fraction of sp³-hybridized carbons (Fsp3) is 0.143. The molecular weight excluding hydrogens is 228 g/mol. The Hall–Kier alpha value is -0.190. The van der Waals surface area contributed by atoms with Gasteiger partial charge in [-0.1, -0.05) is 6.07 Å². The third kappa shape index (κ3) is 2.12. The van der Waals surface area contributed by atoms with Crippen LogP contribution in [0.4, 0.5) is 0 Å². The summed E-state index contributed by atoms with van der Waals surface area (Å²) >= 11 is 0.990. The van der Waals surface area contributed by atoms with Crippen molar-refractivity contribution in [2.24, 2.45) is 0 Å². The van der Waals surface area contributed by atoms with E-state index in [1.165, 1.54) is 0 Å². The van der Waals surface area contributed by atoms with E-state index >= 15 is 0 Å². The molecule has 1 rings (SSSR count). The highest BCUT2D eigenvalue weighted by atomic mass is 79.9. The zero-order valence-corrected chi connectivity index (χ0v) is 8.24. The molecule has 0 bridgehead atoms. The molecule has 0 aliphatic carbocycles. The second-order valence-electron chi connectivity index (χ2n) is 2.17. The van der Waals surface area contributed by atoms with Crippen molar-refractivity contribution in [3.8, 4) is 0 Å². The second-order valence-corrected chi connectivity index (χ2v) is 3.93. The van der Waals surface area contributed by atoms with Crippen molar-refractivity contribution in [3.05, 3.63) is 28.2 Å². The molecule has 0 radical (unpaired) electrons. The largest absolute Gasteiger partial charge is 0.768 e. The topological polar surface area (TPSA) is 40.1 Å². The number of aryl methyl sites for hydroxylation is 1. The van der Waals surface area contributed by atoms with Crippen LogP contribution in [0.25, 0.3) is 0 Å². The Labute approximate surface area is 76.0 Å². The smallest absolute Gasteiger partial charge is 0.0393 e. The molecule has 1 atom stereocenters. The Kier molecular flexibility index (Phi) is 2.81.